The van der Waals surface area contributed by atoms with Crippen LogP contribution in [-0.4, -0.2) is 29.5 Å². The first-order valence-corrected chi connectivity index (χ1v) is 9.63. The Morgan fingerprint density at radius 3 is 2.31 bits per heavy atom. The number of nitrogens with one attached hydrogen (secondary N) is 1. The highest BCUT2D eigenvalue weighted by Crippen LogP contribution is 2.39. The molecule has 32 heavy (non-hydrogen) atoms. The van der Waals surface area contributed by atoms with Crippen molar-refractivity contribution in [1.82, 2.24) is 5.32 Å². The Kier molecular flexibility index (Phi) is 5.74. The zero-order chi connectivity index (χ0) is 24.0. The van der Waals surface area contributed by atoms with Gasteiger partial charge in [0, 0.05) is 18.3 Å². The molecule has 1 N–H and O–H groups in total. The normalized spacial score (nSPS) is 15.7. The van der Waals surface area contributed by atoms with E-state index in [2.05, 4.69) is 5.32 Å². The van der Waals surface area contributed by atoms with Gasteiger partial charge in [0.15, 0.2) is 5.11 Å². The van der Waals surface area contributed by atoms with Gasteiger partial charge in [0.2, 0.25) is 0 Å². The van der Waals surface area contributed by atoms with E-state index in [1.165, 1.54) is 44.0 Å². The van der Waals surface area contributed by atoms with Gasteiger partial charge < -0.3 is 10.2 Å². The van der Waals surface area contributed by atoms with Gasteiger partial charge >= 0.3 is 6.18 Å². The molecule has 0 aromatic heterocycles. The number of rotatable bonds is 3. The van der Waals surface area contributed by atoms with E-state index in [0.717, 1.165) is 23.1 Å². The number of nitrogens with zero attached hydrogens (tertiary/aromatic N) is 2. The third kappa shape index (κ3) is 3.69. The molecule has 1 heterocycles. The van der Waals surface area contributed by atoms with E-state index >= 15 is 0 Å². The summed E-state index contributed by atoms with van der Waals surface area (Å²) in [6.45, 7) is 3.01. The molecule has 1 aliphatic rings. The molecule has 0 saturated carbocycles. The summed E-state index contributed by atoms with van der Waals surface area (Å²) >= 11 is 5.41. The van der Waals surface area contributed by atoms with E-state index in [4.69, 9.17) is 18.6 Å². The van der Waals surface area contributed by atoms with Gasteiger partial charge in [-0.2, -0.15) is 13.2 Å². The first kappa shape index (κ1) is 23.2. The molecule has 10 heteroatoms. The highest BCUT2D eigenvalue weighted by atomic mass is 32.1. The van der Waals surface area contributed by atoms with Crippen molar-refractivity contribution in [1.29, 1.82) is 0 Å². The zero-order valence-corrected chi connectivity index (χ0v) is 18.0. The van der Waals surface area contributed by atoms with E-state index in [1.807, 2.05) is 5.92 Å². The molecule has 1 saturated heterocycles. The van der Waals surface area contributed by atoms with Crippen molar-refractivity contribution in [2.45, 2.75) is 25.6 Å². The Labute approximate surface area is 187 Å². The second-order valence-corrected chi connectivity index (χ2v) is 7.80. The van der Waals surface area contributed by atoms with Gasteiger partial charge in [-0.05, 0) is 62.5 Å². The molecule has 2 aromatic rings. The Morgan fingerprint density at radius 1 is 1.16 bits per heavy atom. The number of carbonyl (C=O) groups is 2. The fraction of sp³-hybridized carbons (Fsp3) is 0.227. The molecule has 0 unspecified atom stereocenters. The van der Waals surface area contributed by atoms with Gasteiger partial charge in [0.05, 0.1) is 16.8 Å². The molecule has 3 rings (SSSR count). The van der Waals surface area contributed by atoms with Crippen LogP contribution in [0.2, 0.25) is 0 Å². The van der Waals surface area contributed by atoms with E-state index in [-0.39, 0.29) is 27.6 Å². The number of alkyl halides is 3. The maximum Gasteiger partial charge on any atom is 0.417 e. The first-order chi connectivity index (χ1) is 14.8. The monoisotopic (exact) mass is 463 g/mol. The molecular formula is C22H17F4N3O2S. The maximum atomic E-state index is 14.5. The number of terminal acetylenes is 1. The van der Waals surface area contributed by atoms with Gasteiger partial charge in [0.1, 0.15) is 11.4 Å². The van der Waals surface area contributed by atoms with Gasteiger partial charge in [-0.1, -0.05) is 5.92 Å². The van der Waals surface area contributed by atoms with Gasteiger partial charge in [0.25, 0.3) is 11.8 Å². The predicted molar refractivity (Wildman–Crippen MR) is 116 cm³/mol. The summed E-state index contributed by atoms with van der Waals surface area (Å²) < 4.78 is 54.9. The average molecular weight is 463 g/mol. The molecule has 0 spiro atoms. The van der Waals surface area contributed by atoms with E-state index in [9.17, 15) is 27.2 Å². The summed E-state index contributed by atoms with van der Waals surface area (Å²) in [6, 6.07) is 6.79. The number of carbonyl (C=O) groups excluding carboxylic acids is 2. The lowest BCUT2D eigenvalue weighted by molar-refractivity contribution is -0.137. The van der Waals surface area contributed by atoms with Crippen molar-refractivity contribution in [3.05, 3.63) is 58.9 Å². The molecule has 2 amide bonds. The van der Waals surface area contributed by atoms with Crippen LogP contribution >= 0.6 is 12.2 Å². The van der Waals surface area contributed by atoms with Crippen molar-refractivity contribution in [3.63, 3.8) is 0 Å². The largest absolute Gasteiger partial charge is 0.417 e. The number of thiocarbonyl (C=S) groups is 1. The van der Waals surface area contributed by atoms with Crippen LogP contribution in [-0.2, 0) is 11.0 Å². The van der Waals surface area contributed by atoms with Crippen LogP contribution in [0.15, 0.2) is 36.4 Å². The Hall–Kier alpha value is -3.45. The van der Waals surface area contributed by atoms with Crippen LogP contribution in [0.1, 0.15) is 35.3 Å². The lowest BCUT2D eigenvalue weighted by Gasteiger charge is -2.29. The Morgan fingerprint density at radius 2 is 1.78 bits per heavy atom. The number of anilines is 2. The highest BCUT2D eigenvalue weighted by molar-refractivity contribution is 7.81. The maximum absolute atomic E-state index is 14.5. The topological polar surface area (TPSA) is 52.7 Å². The van der Waals surface area contributed by atoms with Crippen LogP contribution in [0.25, 0.3) is 0 Å². The van der Waals surface area contributed by atoms with Gasteiger partial charge in [-0.25, -0.2) is 4.39 Å². The average Bonchev–Trinajstić information content (AvgIpc) is 2.90. The van der Waals surface area contributed by atoms with Crippen LogP contribution in [0.4, 0.5) is 28.9 Å². The predicted octanol–water partition coefficient (Wildman–Crippen LogP) is 4.10. The lowest BCUT2D eigenvalue weighted by Crippen LogP contribution is -2.44. The third-order valence-electron chi connectivity index (χ3n) is 5.07. The van der Waals surface area contributed by atoms with Crippen LogP contribution < -0.4 is 15.1 Å². The standard InChI is InChI=1S/C22H17F4N3O2S/c1-5-12-6-7-13(10-16(12)22(24,25)26)28-19(31)21(2,3)29(20(28)32)14-8-9-15(17(23)11-14)18(30)27-4/h1,6-11H,2-4H3,(H,27,30). The van der Waals surface area contributed by atoms with Crippen LogP contribution in [0, 0.1) is 18.2 Å². The summed E-state index contributed by atoms with van der Waals surface area (Å²) in [5.74, 6) is -0.113. The molecule has 1 fully saturated rings. The third-order valence-corrected chi connectivity index (χ3v) is 5.44. The van der Waals surface area contributed by atoms with Crippen molar-refractivity contribution in [2.75, 3.05) is 16.8 Å². The van der Waals surface area contributed by atoms with Crippen molar-refractivity contribution in [2.24, 2.45) is 0 Å². The molecular weight excluding hydrogens is 446 g/mol. The van der Waals surface area contributed by atoms with Gasteiger partial charge in [-0.15, -0.1) is 6.42 Å². The fourth-order valence-corrected chi connectivity index (χ4v) is 3.97. The number of benzene rings is 2. The molecule has 0 radical (unpaired) electrons. The second kappa shape index (κ2) is 7.91. The number of halogens is 4. The summed E-state index contributed by atoms with van der Waals surface area (Å²) in [4.78, 5) is 27.2. The zero-order valence-electron chi connectivity index (χ0n) is 17.2. The minimum Gasteiger partial charge on any atom is -0.355 e. The fourth-order valence-electron chi connectivity index (χ4n) is 3.45. The van der Waals surface area contributed by atoms with Crippen molar-refractivity contribution >= 4 is 40.5 Å². The van der Waals surface area contributed by atoms with Gasteiger partial charge in [-0.3, -0.25) is 14.5 Å². The smallest absolute Gasteiger partial charge is 0.355 e. The van der Waals surface area contributed by atoms with E-state index in [1.54, 1.807) is 0 Å². The summed E-state index contributed by atoms with van der Waals surface area (Å²) in [7, 11) is 1.35. The molecule has 166 valence electrons. The van der Waals surface area contributed by atoms with E-state index in [0.29, 0.717) is 0 Å². The number of hydrogen-bond donors (Lipinski definition) is 1. The summed E-state index contributed by atoms with van der Waals surface area (Å²) in [5, 5.41) is 2.17. The molecule has 1 aliphatic heterocycles. The SMILES string of the molecule is C#Cc1ccc(N2C(=O)C(C)(C)N(c3ccc(C(=O)NC)c(F)c3)C2=S)cc1C(F)(F)F. The van der Waals surface area contributed by atoms with Crippen molar-refractivity contribution < 1.29 is 27.2 Å². The molecule has 5 nitrogen and oxygen atoms in total. The molecule has 0 aliphatic carbocycles. The van der Waals surface area contributed by atoms with Crippen molar-refractivity contribution in [3.8, 4) is 12.3 Å². The van der Waals surface area contributed by atoms with E-state index < -0.39 is 34.9 Å². The summed E-state index contributed by atoms with van der Waals surface area (Å²) in [5.41, 5.74) is -2.96. The summed E-state index contributed by atoms with van der Waals surface area (Å²) in [6.07, 6.45) is 0.436. The van der Waals surface area contributed by atoms with Crippen LogP contribution in [0.5, 0.6) is 0 Å². The number of amides is 2. The minimum absolute atomic E-state index is 0.121. The lowest BCUT2D eigenvalue weighted by atomic mass is 10.0. The molecule has 0 atom stereocenters. The first-order valence-electron chi connectivity index (χ1n) is 9.22. The highest BCUT2D eigenvalue weighted by Gasteiger charge is 2.50. The van der Waals surface area contributed by atoms with Crippen LogP contribution in [0.3, 0.4) is 0 Å². The minimum atomic E-state index is -4.74. The molecule has 0 bridgehead atoms. The Balaban J connectivity index is 2.10. The second-order valence-electron chi connectivity index (χ2n) is 7.43. The number of hydrogen-bond acceptors (Lipinski definition) is 3. The molecule has 2 aromatic carbocycles. The Bertz CT molecular complexity index is 1180. The quantitative estimate of drug-likeness (QED) is 0.423.